The number of hydrogen-bond acceptors (Lipinski definition) is 5. The predicted octanol–water partition coefficient (Wildman–Crippen LogP) is 2.37. The van der Waals surface area contributed by atoms with Gasteiger partial charge in [-0.25, -0.2) is 0 Å². The van der Waals surface area contributed by atoms with Crippen LogP contribution in [0.25, 0.3) is 0 Å². The molecule has 1 atom stereocenters. The Balaban J connectivity index is 2.12. The summed E-state index contributed by atoms with van der Waals surface area (Å²) in [5.41, 5.74) is 1.14. The second-order valence-corrected chi connectivity index (χ2v) is 5.29. The Morgan fingerprint density at radius 3 is 2.81 bits per heavy atom. The van der Waals surface area contributed by atoms with E-state index in [1.165, 1.54) is 6.92 Å². The van der Waals surface area contributed by atoms with Gasteiger partial charge in [0.1, 0.15) is 5.75 Å². The van der Waals surface area contributed by atoms with E-state index in [1.807, 2.05) is 6.07 Å². The van der Waals surface area contributed by atoms with Gasteiger partial charge in [-0.1, -0.05) is 0 Å². The first kappa shape index (κ1) is 15.4. The average Bonchev–Trinajstić information content (AvgIpc) is 2.47. The first-order chi connectivity index (χ1) is 10.0. The Hall–Kier alpha value is -2.04. The van der Waals surface area contributed by atoms with Gasteiger partial charge in [0.15, 0.2) is 5.78 Å². The number of rotatable bonds is 4. The van der Waals surface area contributed by atoms with Crippen molar-refractivity contribution in [3.63, 3.8) is 0 Å². The number of hydrogen-bond donors (Lipinski definition) is 1. The lowest BCUT2D eigenvalue weighted by atomic mass is 9.97. The third kappa shape index (κ3) is 3.54. The maximum Gasteiger partial charge on any atom is 0.310 e. The summed E-state index contributed by atoms with van der Waals surface area (Å²) in [7, 11) is 0. The molecule has 1 heterocycles. The van der Waals surface area contributed by atoms with E-state index in [9.17, 15) is 14.7 Å². The number of ketones is 1. The van der Waals surface area contributed by atoms with E-state index in [0.717, 1.165) is 25.1 Å². The molecule has 1 unspecified atom stereocenters. The van der Waals surface area contributed by atoms with Gasteiger partial charge in [-0.15, -0.1) is 0 Å². The minimum absolute atomic E-state index is 0.0155. The van der Waals surface area contributed by atoms with Gasteiger partial charge in [-0.2, -0.15) is 0 Å². The second kappa shape index (κ2) is 6.61. The van der Waals surface area contributed by atoms with Crippen LogP contribution in [0.3, 0.4) is 0 Å². The van der Waals surface area contributed by atoms with Gasteiger partial charge in [0.05, 0.1) is 18.1 Å². The number of Topliss-reactive ketones (excluding diaryl/α,β-unsaturated/α-hetero) is 1. The molecule has 1 fully saturated rings. The van der Waals surface area contributed by atoms with Crippen molar-refractivity contribution in [2.75, 3.05) is 24.6 Å². The van der Waals surface area contributed by atoms with Crippen molar-refractivity contribution in [3.05, 3.63) is 23.8 Å². The number of anilines is 1. The fraction of sp³-hybridized carbons (Fsp3) is 0.500. The number of piperidine rings is 1. The van der Waals surface area contributed by atoms with Gasteiger partial charge in [-0.3, -0.25) is 9.59 Å². The molecule has 0 aromatic heterocycles. The SMILES string of the molecule is CCOC(=O)C1CCCN(c2ccc(C(C)=O)c(O)c2)C1. The van der Waals surface area contributed by atoms with Crippen LogP contribution < -0.4 is 4.90 Å². The topological polar surface area (TPSA) is 66.8 Å². The highest BCUT2D eigenvalue weighted by Gasteiger charge is 2.27. The summed E-state index contributed by atoms with van der Waals surface area (Å²) in [5, 5.41) is 9.91. The summed E-state index contributed by atoms with van der Waals surface area (Å²) in [6.45, 7) is 5.03. The van der Waals surface area contributed by atoms with Crippen LogP contribution >= 0.6 is 0 Å². The van der Waals surface area contributed by atoms with Crippen LogP contribution in [0.4, 0.5) is 5.69 Å². The van der Waals surface area contributed by atoms with Crippen molar-refractivity contribution >= 4 is 17.4 Å². The molecule has 0 amide bonds. The Kier molecular flexibility index (Phi) is 4.83. The lowest BCUT2D eigenvalue weighted by Crippen LogP contribution is -2.39. The van der Waals surface area contributed by atoms with E-state index < -0.39 is 0 Å². The molecule has 1 N–H and O–H groups in total. The largest absolute Gasteiger partial charge is 0.507 e. The van der Waals surface area contributed by atoms with E-state index in [1.54, 1.807) is 19.1 Å². The molecule has 5 heteroatoms. The summed E-state index contributed by atoms with van der Waals surface area (Å²) >= 11 is 0. The summed E-state index contributed by atoms with van der Waals surface area (Å²) in [6.07, 6.45) is 1.73. The molecule has 0 spiro atoms. The van der Waals surface area contributed by atoms with E-state index in [-0.39, 0.29) is 23.4 Å². The zero-order valence-electron chi connectivity index (χ0n) is 12.5. The molecular formula is C16H21NO4. The molecule has 1 saturated heterocycles. The van der Waals surface area contributed by atoms with Crippen LogP contribution in [-0.4, -0.2) is 36.6 Å². The molecule has 2 rings (SSSR count). The van der Waals surface area contributed by atoms with Gasteiger partial charge in [0.25, 0.3) is 0 Å². The van der Waals surface area contributed by atoms with Crippen LogP contribution in [0.5, 0.6) is 5.75 Å². The van der Waals surface area contributed by atoms with Crippen LogP contribution in [-0.2, 0) is 9.53 Å². The quantitative estimate of drug-likeness (QED) is 0.681. The van der Waals surface area contributed by atoms with Crippen molar-refractivity contribution in [1.82, 2.24) is 0 Å². The summed E-state index contributed by atoms with van der Waals surface area (Å²) in [5.74, 6) is -0.472. The number of nitrogens with zero attached hydrogens (tertiary/aromatic N) is 1. The standard InChI is InChI=1S/C16H21NO4/c1-3-21-16(20)12-5-4-8-17(10-12)13-6-7-14(11(2)18)15(19)9-13/h6-7,9,12,19H,3-5,8,10H2,1-2H3. The van der Waals surface area contributed by atoms with Crippen molar-refractivity contribution in [3.8, 4) is 5.75 Å². The fourth-order valence-corrected chi connectivity index (χ4v) is 2.68. The number of benzene rings is 1. The van der Waals surface area contributed by atoms with Gasteiger partial charge < -0.3 is 14.7 Å². The number of ether oxygens (including phenoxy) is 1. The second-order valence-electron chi connectivity index (χ2n) is 5.29. The molecular weight excluding hydrogens is 270 g/mol. The fourth-order valence-electron chi connectivity index (χ4n) is 2.68. The summed E-state index contributed by atoms with van der Waals surface area (Å²) in [4.78, 5) is 25.2. The zero-order valence-corrected chi connectivity index (χ0v) is 12.5. The third-order valence-electron chi connectivity index (χ3n) is 3.77. The van der Waals surface area contributed by atoms with Gasteiger partial charge >= 0.3 is 5.97 Å². The van der Waals surface area contributed by atoms with Gasteiger partial charge in [0, 0.05) is 24.8 Å². The van der Waals surface area contributed by atoms with Gasteiger partial charge in [-0.05, 0) is 38.8 Å². The first-order valence-electron chi connectivity index (χ1n) is 7.28. The summed E-state index contributed by atoms with van der Waals surface area (Å²) in [6, 6.07) is 5.02. The molecule has 0 saturated carbocycles. The predicted molar refractivity (Wildman–Crippen MR) is 79.7 cm³/mol. The highest BCUT2D eigenvalue weighted by molar-refractivity contribution is 5.97. The first-order valence-corrected chi connectivity index (χ1v) is 7.28. The van der Waals surface area contributed by atoms with Crippen molar-refractivity contribution in [2.45, 2.75) is 26.7 Å². The number of phenols is 1. The number of aromatic hydroxyl groups is 1. The highest BCUT2D eigenvalue weighted by atomic mass is 16.5. The number of carbonyl (C=O) groups excluding carboxylic acids is 2. The number of phenolic OH excluding ortho intramolecular Hbond substituents is 1. The molecule has 0 radical (unpaired) electrons. The van der Waals surface area contributed by atoms with Crippen LogP contribution in [0, 0.1) is 5.92 Å². The Bertz CT molecular complexity index is 541. The maximum atomic E-state index is 11.8. The van der Waals surface area contributed by atoms with Crippen molar-refractivity contribution in [1.29, 1.82) is 0 Å². The number of carbonyl (C=O) groups is 2. The van der Waals surface area contributed by atoms with E-state index in [2.05, 4.69) is 4.90 Å². The lowest BCUT2D eigenvalue weighted by molar-refractivity contribution is -0.148. The smallest absolute Gasteiger partial charge is 0.310 e. The molecule has 0 bridgehead atoms. The Labute approximate surface area is 124 Å². The average molecular weight is 291 g/mol. The van der Waals surface area contributed by atoms with Crippen LogP contribution in [0.1, 0.15) is 37.0 Å². The molecule has 1 aliphatic heterocycles. The lowest BCUT2D eigenvalue weighted by Gasteiger charge is -2.33. The Morgan fingerprint density at radius 1 is 1.43 bits per heavy atom. The normalized spacial score (nSPS) is 18.4. The molecule has 0 aliphatic carbocycles. The van der Waals surface area contributed by atoms with E-state index in [4.69, 9.17) is 4.74 Å². The Morgan fingerprint density at radius 2 is 2.19 bits per heavy atom. The molecule has 1 aromatic carbocycles. The van der Waals surface area contributed by atoms with Crippen molar-refractivity contribution < 1.29 is 19.4 Å². The minimum Gasteiger partial charge on any atom is -0.507 e. The van der Waals surface area contributed by atoms with E-state index in [0.29, 0.717) is 18.7 Å². The monoisotopic (exact) mass is 291 g/mol. The molecule has 1 aliphatic rings. The summed E-state index contributed by atoms with van der Waals surface area (Å²) < 4.78 is 5.08. The van der Waals surface area contributed by atoms with Crippen LogP contribution in [0.2, 0.25) is 0 Å². The van der Waals surface area contributed by atoms with E-state index >= 15 is 0 Å². The third-order valence-corrected chi connectivity index (χ3v) is 3.77. The van der Waals surface area contributed by atoms with Gasteiger partial charge in [0.2, 0.25) is 0 Å². The minimum atomic E-state index is -0.165. The van der Waals surface area contributed by atoms with Crippen LogP contribution in [0.15, 0.2) is 18.2 Å². The molecule has 1 aromatic rings. The zero-order chi connectivity index (χ0) is 15.4. The molecule has 21 heavy (non-hydrogen) atoms. The maximum absolute atomic E-state index is 11.8. The number of esters is 1. The van der Waals surface area contributed by atoms with Crippen molar-refractivity contribution in [2.24, 2.45) is 5.92 Å². The molecule has 114 valence electrons. The molecule has 5 nitrogen and oxygen atoms in total. The highest BCUT2D eigenvalue weighted by Crippen LogP contribution is 2.29.